The second-order valence-electron chi connectivity index (χ2n) is 5.14. The van der Waals surface area contributed by atoms with Crippen molar-refractivity contribution in [2.24, 2.45) is 0 Å². The molecule has 0 atom stereocenters. The van der Waals surface area contributed by atoms with E-state index in [1.165, 1.54) is 32.8 Å². The summed E-state index contributed by atoms with van der Waals surface area (Å²) < 4.78 is 5.14. The van der Waals surface area contributed by atoms with Crippen molar-refractivity contribution in [2.75, 3.05) is 20.2 Å². The van der Waals surface area contributed by atoms with Crippen molar-refractivity contribution < 1.29 is 14.8 Å². The first-order valence-corrected chi connectivity index (χ1v) is 6.96. The zero-order chi connectivity index (χ0) is 13.7. The number of hydrogen-bond acceptors (Lipinski definition) is 4. The second kappa shape index (κ2) is 6.94. The van der Waals surface area contributed by atoms with Crippen LogP contribution in [0.5, 0.6) is 5.75 Å². The number of ether oxygens (including phenoxy) is 1. The predicted molar refractivity (Wildman–Crippen MR) is 76.6 cm³/mol. The molecule has 1 aromatic carbocycles. The molecule has 0 bridgehead atoms. The lowest BCUT2D eigenvalue weighted by Gasteiger charge is -2.20. The highest BCUT2D eigenvalue weighted by molar-refractivity contribution is 6.59. The minimum absolute atomic E-state index is 0.440. The van der Waals surface area contributed by atoms with Crippen LogP contribution in [-0.2, 0) is 6.54 Å². The quantitative estimate of drug-likeness (QED) is 0.787. The molecule has 104 valence electrons. The minimum Gasteiger partial charge on any atom is -0.497 e. The summed E-state index contributed by atoms with van der Waals surface area (Å²) in [4.78, 5) is 2.43. The number of hydrogen-bond donors (Lipinski definition) is 2. The van der Waals surface area contributed by atoms with Gasteiger partial charge in [0, 0.05) is 12.0 Å². The normalized spacial score (nSPS) is 17.0. The molecule has 1 aliphatic heterocycles. The van der Waals surface area contributed by atoms with E-state index in [1.54, 1.807) is 0 Å². The summed E-state index contributed by atoms with van der Waals surface area (Å²) in [5.41, 5.74) is 1.54. The fourth-order valence-electron chi connectivity index (χ4n) is 2.64. The van der Waals surface area contributed by atoms with E-state index in [9.17, 15) is 10.0 Å². The molecule has 19 heavy (non-hydrogen) atoms. The molecular formula is C14H22BNO3. The van der Waals surface area contributed by atoms with Crippen LogP contribution in [0.4, 0.5) is 0 Å². The Morgan fingerprint density at radius 3 is 2.42 bits per heavy atom. The fraction of sp³-hybridized carbons (Fsp3) is 0.571. The number of methoxy groups -OCH3 is 1. The molecular weight excluding hydrogens is 241 g/mol. The highest BCUT2D eigenvalue weighted by Gasteiger charge is 2.18. The molecule has 2 N–H and O–H groups in total. The van der Waals surface area contributed by atoms with E-state index in [0.29, 0.717) is 11.2 Å². The van der Waals surface area contributed by atoms with Gasteiger partial charge < -0.3 is 14.8 Å². The summed E-state index contributed by atoms with van der Waals surface area (Å²) in [7, 11) is 0.0504. The summed E-state index contributed by atoms with van der Waals surface area (Å²) in [6.07, 6.45) is 5.15. The predicted octanol–water partition coefficient (Wildman–Crippen LogP) is 0.751. The Hall–Kier alpha value is -1.04. The largest absolute Gasteiger partial charge is 0.497 e. The Kier molecular flexibility index (Phi) is 5.25. The molecule has 0 spiro atoms. The SMILES string of the molecule is COc1ccc(CN2CCCCCC2)cc1B(O)O. The van der Waals surface area contributed by atoms with Crippen molar-refractivity contribution in [1.29, 1.82) is 0 Å². The zero-order valence-corrected chi connectivity index (χ0v) is 11.5. The number of benzene rings is 1. The zero-order valence-electron chi connectivity index (χ0n) is 11.5. The minimum atomic E-state index is -1.49. The Morgan fingerprint density at radius 1 is 1.16 bits per heavy atom. The Balaban J connectivity index is 2.09. The third-order valence-electron chi connectivity index (χ3n) is 3.68. The van der Waals surface area contributed by atoms with Crippen LogP contribution in [0.1, 0.15) is 31.2 Å². The van der Waals surface area contributed by atoms with Gasteiger partial charge in [-0.2, -0.15) is 0 Å². The van der Waals surface area contributed by atoms with Crippen LogP contribution < -0.4 is 10.2 Å². The molecule has 1 fully saturated rings. The van der Waals surface area contributed by atoms with Crippen molar-refractivity contribution in [2.45, 2.75) is 32.2 Å². The monoisotopic (exact) mass is 263 g/mol. The lowest BCUT2D eigenvalue weighted by atomic mass is 9.78. The third kappa shape index (κ3) is 3.96. The van der Waals surface area contributed by atoms with Crippen LogP contribution >= 0.6 is 0 Å². The average molecular weight is 263 g/mol. The first-order chi connectivity index (χ1) is 9.20. The topological polar surface area (TPSA) is 52.9 Å². The van der Waals surface area contributed by atoms with E-state index in [4.69, 9.17) is 4.74 Å². The van der Waals surface area contributed by atoms with Gasteiger partial charge in [-0.3, -0.25) is 4.90 Å². The van der Waals surface area contributed by atoms with Crippen LogP contribution in [0.25, 0.3) is 0 Å². The molecule has 0 radical (unpaired) electrons. The fourth-order valence-corrected chi connectivity index (χ4v) is 2.64. The van der Waals surface area contributed by atoms with Gasteiger partial charge in [0.15, 0.2) is 0 Å². The lowest BCUT2D eigenvalue weighted by Crippen LogP contribution is -2.32. The average Bonchev–Trinajstić information content (AvgIpc) is 2.67. The van der Waals surface area contributed by atoms with Crippen LogP contribution in [0, 0.1) is 0 Å². The first-order valence-electron chi connectivity index (χ1n) is 6.96. The molecule has 1 heterocycles. The molecule has 0 aromatic heterocycles. The molecule has 0 amide bonds. The maximum atomic E-state index is 9.37. The van der Waals surface area contributed by atoms with Crippen LogP contribution in [0.2, 0.25) is 0 Å². The number of likely N-dealkylation sites (tertiary alicyclic amines) is 1. The lowest BCUT2D eigenvalue weighted by molar-refractivity contribution is 0.277. The molecule has 1 aliphatic rings. The van der Waals surface area contributed by atoms with Gasteiger partial charge in [-0.05, 0) is 37.6 Å². The van der Waals surface area contributed by atoms with Gasteiger partial charge >= 0.3 is 7.12 Å². The van der Waals surface area contributed by atoms with Crippen LogP contribution in [0.15, 0.2) is 18.2 Å². The second-order valence-corrected chi connectivity index (χ2v) is 5.14. The Bertz CT molecular complexity index is 404. The third-order valence-corrected chi connectivity index (χ3v) is 3.68. The molecule has 0 unspecified atom stereocenters. The molecule has 0 saturated carbocycles. The van der Waals surface area contributed by atoms with Gasteiger partial charge in [0.25, 0.3) is 0 Å². The molecule has 4 nitrogen and oxygen atoms in total. The molecule has 1 aromatic rings. The molecule has 1 saturated heterocycles. The summed E-state index contributed by atoms with van der Waals surface area (Å²) in [5, 5.41) is 18.7. The van der Waals surface area contributed by atoms with Gasteiger partial charge in [0.2, 0.25) is 0 Å². The highest BCUT2D eigenvalue weighted by atomic mass is 16.5. The Morgan fingerprint density at radius 2 is 1.84 bits per heavy atom. The van der Waals surface area contributed by atoms with E-state index < -0.39 is 7.12 Å². The highest BCUT2D eigenvalue weighted by Crippen LogP contribution is 2.15. The van der Waals surface area contributed by atoms with Gasteiger partial charge in [0.05, 0.1) is 7.11 Å². The number of nitrogens with zero attached hydrogens (tertiary/aromatic N) is 1. The van der Waals surface area contributed by atoms with Gasteiger partial charge in [-0.25, -0.2) is 0 Å². The maximum absolute atomic E-state index is 9.37. The maximum Gasteiger partial charge on any atom is 0.492 e. The van der Waals surface area contributed by atoms with E-state index in [1.807, 2.05) is 18.2 Å². The molecule has 0 aliphatic carbocycles. The Labute approximate surface area is 115 Å². The van der Waals surface area contributed by atoms with E-state index in [2.05, 4.69) is 4.90 Å². The van der Waals surface area contributed by atoms with E-state index in [0.717, 1.165) is 25.2 Å². The van der Waals surface area contributed by atoms with Crippen LogP contribution in [-0.4, -0.2) is 42.3 Å². The van der Waals surface area contributed by atoms with Crippen molar-refractivity contribution in [3.05, 3.63) is 23.8 Å². The van der Waals surface area contributed by atoms with Gasteiger partial charge in [-0.1, -0.05) is 25.0 Å². The van der Waals surface area contributed by atoms with Crippen molar-refractivity contribution in [3.63, 3.8) is 0 Å². The summed E-state index contributed by atoms with van der Waals surface area (Å²) in [6.45, 7) is 3.12. The summed E-state index contributed by atoms with van der Waals surface area (Å²) >= 11 is 0. The molecule has 5 heteroatoms. The summed E-state index contributed by atoms with van der Waals surface area (Å²) in [6, 6.07) is 5.63. The van der Waals surface area contributed by atoms with Gasteiger partial charge in [-0.15, -0.1) is 0 Å². The molecule has 2 rings (SSSR count). The standard InChI is InChI=1S/C14H22BNO3/c1-19-14-7-6-12(10-13(14)15(17)18)11-16-8-4-2-3-5-9-16/h6-7,10,17-18H,2-5,8-9,11H2,1H3. The first kappa shape index (κ1) is 14.4. The van der Waals surface area contributed by atoms with Crippen molar-refractivity contribution in [3.8, 4) is 5.75 Å². The van der Waals surface area contributed by atoms with E-state index in [-0.39, 0.29) is 0 Å². The number of rotatable bonds is 4. The van der Waals surface area contributed by atoms with Crippen molar-refractivity contribution >= 4 is 12.6 Å². The van der Waals surface area contributed by atoms with E-state index >= 15 is 0 Å². The van der Waals surface area contributed by atoms with Crippen molar-refractivity contribution in [1.82, 2.24) is 4.90 Å². The smallest absolute Gasteiger partial charge is 0.492 e. The van der Waals surface area contributed by atoms with Crippen LogP contribution in [0.3, 0.4) is 0 Å². The van der Waals surface area contributed by atoms with Gasteiger partial charge in [0.1, 0.15) is 5.75 Å². The summed E-state index contributed by atoms with van der Waals surface area (Å²) in [5.74, 6) is 0.523.